The molecule has 3 aromatic rings. The fourth-order valence-electron chi connectivity index (χ4n) is 5.23. The second-order valence-corrected chi connectivity index (χ2v) is 10.4. The zero-order valence-corrected chi connectivity index (χ0v) is 28.7. The van der Waals surface area contributed by atoms with E-state index >= 15 is 0 Å². The Bertz CT molecular complexity index is 1490. The van der Waals surface area contributed by atoms with Crippen molar-refractivity contribution in [3.05, 3.63) is 53.6 Å². The minimum absolute atomic E-state index is 0.328. The van der Waals surface area contributed by atoms with E-state index in [2.05, 4.69) is 15.5 Å². The molecule has 0 radical (unpaired) electrons. The molecule has 1 aliphatic rings. The van der Waals surface area contributed by atoms with Crippen LogP contribution >= 0.6 is 0 Å². The van der Waals surface area contributed by atoms with Gasteiger partial charge in [0.15, 0.2) is 23.0 Å². The van der Waals surface area contributed by atoms with E-state index in [1.54, 1.807) is 36.4 Å². The van der Waals surface area contributed by atoms with Crippen LogP contribution in [0.15, 0.2) is 42.5 Å². The number of carbonyl (C=O) groups is 2. The molecule has 12 nitrogen and oxygen atoms in total. The highest BCUT2D eigenvalue weighted by atomic mass is 16.5. The molecule has 0 aromatic heterocycles. The molecule has 2 amide bonds. The Kier molecular flexibility index (Phi) is 13.4. The Balaban J connectivity index is 1.69. The van der Waals surface area contributed by atoms with Crippen LogP contribution in [0.1, 0.15) is 62.3 Å². The largest absolute Gasteiger partial charge is 0.490 e. The van der Waals surface area contributed by atoms with Gasteiger partial charge in [-0.15, -0.1) is 0 Å². The summed E-state index contributed by atoms with van der Waals surface area (Å²) in [5.74, 6) is 1.80. The normalized spacial score (nSPS) is 12.6. The molecule has 0 spiro atoms. The molecule has 1 fully saturated rings. The van der Waals surface area contributed by atoms with Gasteiger partial charge in [-0.2, -0.15) is 0 Å². The summed E-state index contributed by atoms with van der Waals surface area (Å²) in [6, 6.07) is 12.0. The van der Waals surface area contributed by atoms with Crippen LogP contribution in [-0.4, -0.2) is 77.8 Å². The number of hydrogen-bond donors (Lipinski definition) is 2. The maximum atomic E-state index is 13.8. The Morgan fingerprint density at radius 3 is 1.44 bits per heavy atom. The highest BCUT2D eigenvalue weighted by Gasteiger charge is 2.23. The van der Waals surface area contributed by atoms with Gasteiger partial charge in [0.05, 0.1) is 64.2 Å². The van der Waals surface area contributed by atoms with Gasteiger partial charge in [-0.3, -0.25) is 9.59 Å². The zero-order valence-electron chi connectivity index (χ0n) is 28.7. The summed E-state index contributed by atoms with van der Waals surface area (Å²) in [4.78, 5) is 29.6. The van der Waals surface area contributed by atoms with Gasteiger partial charge in [0, 0.05) is 29.9 Å². The van der Waals surface area contributed by atoms with Gasteiger partial charge in [-0.05, 0) is 84.0 Å². The number of ether oxygens (including phenoxy) is 7. The number of amides is 2. The molecule has 260 valence electrons. The number of morpholine rings is 1. The lowest BCUT2D eigenvalue weighted by atomic mass is 10.1. The fourth-order valence-corrected chi connectivity index (χ4v) is 5.23. The molecule has 0 atom stereocenters. The fraction of sp³-hybridized carbons (Fsp3) is 0.444. The lowest BCUT2D eigenvalue weighted by Gasteiger charge is -2.31. The van der Waals surface area contributed by atoms with Crippen LogP contribution in [0.3, 0.4) is 0 Å². The number of benzene rings is 3. The van der Waals surface area contributed by atoms with E-state index in [1.807, 2.05) is 47.6 Å². The maximum absolute atomic E-state index is 13.8. The Morgan fingerprint density at radius 2 is 1.02 bits per heavy atom. The first kappa shape index (κ1) is 36.0. The molecular weight excluding hydrogens is 618 g/mol. The van der Waals surface area contributed by atoms with E-state index in [1.165, 1.54) is 0 Å². The number of hydrogen-bond acceptors (Lipinski definition) is 10. The van der Waals surface area contributed by atoms with Crippen molar-refractivity contribution in [2.75, 3.05) is 81.5 Å². The van der Waals surface area contributed by atoms with Crippen molar-refractivity contribution in [2.45, 2.75) is 41.5 Å². The van der Waals surface area contributed by atoms with Gasteiger partial charge in [0.1, 0.15) is 0 Å². The minimum Gasteiger partial charge on any atom is -0.490 e. The molecule has 1 heterocycles. The maximum Gasteiger partial charge on any atom is 0.255 e. The van der Waals surface area contributed by atoms with Crippen molar-refractivity contribution in [3.63, 3.8) is 0 Å². The van der Waals surface area contributed by atoms with E-state index in [-0.39, 0.29) is 11.8 Å². The van der Waals surface area contributed by atoms with Gasteiger partial charge in [-0.1, -0.05) is 0 Å². The summed E-state index contributed by atoms with van der Waals surface area (Å²) in [7, 11) is 0. The second-order valence-electron chi connectivity index (χ2n) is 10.4. The van der Waals surface area contributed by atoms with E-state index in [0.29, 0.717) is 123 Å². The summed E-state index contributed by atoms with van der Waals surface area (Å²) in [6.07, 6.45) is 0. The first-order valence-electron chi connectivity index (χ1n) is 16.6. The van der Waals surface area contributed by atoms with Crippen LogP contribution in [0.5, 0.6) is 34.5 Å². The second kappa shape index (κ2) is 17.9. The van der Waals surface area contributed by atoms with Crippen LogP contribution in [0.4, 0.5) is 17.1 Å². The predicted octanol–water partition coefficient (Wildman–Crippen LogP) is 6.42. The molecule has 0 aliphatic carbocycles. The average Bonchev–Trinajstić information content (AvgIpc) is 3.08. The van der Waals surface area contributed by atoms with Crippen LogP contribution in [0.25, 0.3) is 0 Å². The number of nitrogens with one attached hydrogen (secondary N) is 2. The van der Waals surface area contributed by atoms with Crippen molar-refractivity contribution in [1.82, 2.24) is 0 Å². The molecule has 1 aliphatic heterocycles. The molecule has 2 N–H and O–H groups in total. The van der Waals surface area contributed by atoms with Crippen LogP contribution in [0, 0.1) is 0 Å². The van der Waals surface area contributed by atoms with Gasteiger partial charge >= 0.3 is 0 Å². The topological polar surface area (TPSA) is 126 Å². The van der Waals surface area contributed by atoms with Gasteiger partial charge in [0.2, 0.25) is 11.5 Å². The molecular formula is C36H47N3O9. The molecule has 1 saturated heterocycles. The van der Waals surface area contributed by atoms with E-state index in [0.717, 1.165) is 5.69 Å². The van der Waals surface area contributed by atoms with Gasteiger partial charge in [-0.25, -0.2) is 0 Å². The van der Waals surface area contributed by atoms with E-state index in [9.17, 15) is 9.59 Å². The molecule has 48 heavy (non-hydrogen) atoms. The third-order valence-electron chi connectivity index (χ3n) is 7.20. The Hall–Kier alpha value is -4.84. The summed E-state index contributed by atoms with van der Waals surface area (Å²) < 4.78 is 40.4. The number of nitrogens with zero attached hydrogens (tertiary/aromatic N) is 1. The quantitative estimate of drug-likeness (QED) is 0.167. The molecule has 12 heteroatoms. The average molecular weight is 666 g/mol. The van der Waals surface area contributed by atoms with E-state index < -0.39 is 0 Å². The van der Waals surface area contributed by atoms with Crippen molar-refractivity contribution in [3.8, 4) is 34.5 Å². The van der Waals surface area contributed by atoms with Crippen LogP contribution in [-0.2, 0) is 4.74 Å². The molecule has 0 bridgehead atoms. The highest BCUT2D eigenvalue weighted by molar-refractivity contribution is 6.08. The number of rotatable bonds is 17. The minimum atomic E-state index is -0.384. The smallest absolute Gasteiger partial charge is 0.255 e. The van der Waals surface area contributed by atoms with Crippen molar-refractivity contribution < 1.29 is 42.7 Å². The van der Waals surface area contributed by atoms with Crippen molar-refractivity contribution in [2.24, 2.45) is 0 Å². The standard InChI is InChI=1S/C36H47N3O9/c1-7-43-29-19-24(20-30(44-8-2)33(29)47-11-5)35(40)37-26-13-14-28(39-15-17-42-18-16-39)27(23-26)38-36(41)25-21-31(45-9-3)34(48-12-6)32(22-25)46-10-4/h13-14,19-23H,7-12,15-18H2,1-6H3,(H,37,40)(H,38,41). The Morgan fingerprint density at radius 1 is 0.604 bits per heavy atom. The third-order valence-corrected chi connectivity index (χ3v) is 7.20. The predicted molar refractivity (Wildman–Crippen MR) is 185 cm³/mol. The summed E-state index contributed by atoms with van der Waals surface area (Å²) >= 11 is 0. The van der Waals surface area contributed by atoms with E-state index in [4.69, 9.17) is 33.2 Å². The molecule has 4 rings (SSSR count). The summed E-state index contributed by atoms with van der Waals surface area (Å²) in [5, 5.41) is 6.02. The summed E-state index contributed by atoms with van der Waals surface area (Å²) in [6.45, 7) is 15.9. The monoisotopic (exact) mass is 665 g/mol. The number of anilines is 3. The first-order valence-corrected chi connectivity index (χ1v) is 16.6. The first-order chi connectivity index (χ1) is 23.4. The lowest BCUT2D eigenvalue weighted by molar-refractivity contribution is 0.101. The van der Waals surface area contributed by atoms with Crippen molar-refractivity contribution in [1.29, 1.82) is 0 Å². The summed E-state index contributed by atoms with van der Waals surface area (Å²) in [5.41, 5.74) is 2.45. The van der Waals surface area contributed by atoms with Crippen LogP contribution in [0.2, 0.25) is 0 Å². The van der Waals surface area contributed by atoms with Gasteiger partial charge in [0.25, 0.3) is 11.8 Å². The Labute approximate surface area is 282 Å². The zero-order chi connectivity index (χ0) is 34.5. The van der Waals surface area contributed by atoms with Crippen molar-refractivity contribution >= 4 is 28.9 Å². The van der Waals surface area contributed by atoms with Crippen LogP contribution < -0.4 is 44.0 Å². The molecule has 0 unspecified atom stereocenters. The molecule has 0 saturated carbocycles. The highest BCUT2D eigenvalue weighted by Crippen LogP contribution is 2.41. The lowest BCUT2D eigenvalue weighted by Crippen LogP contribution is -2.36. The van der Waals surface area contributed by atoms with Gasteiger partial charge < -0.3 is 48.7 Å². The molecule has 3 aromatic carbocycles. The SMILES string of the molecule is CCOc1cc(C(=O)Nc2ccc(N3CCOCC3)c(NC(=O)c3cc(OCC)c(OCC)c(OCC)c3)c2)cc(OCC)c1OCC. The third kappa shape index (κ3) is 8.94. The number of carbonyl (C=O) groups excluding carboxylic acids is 2.